The molecule has 0 aliphatic carbocycles. The molecule has 3 rings (SSSR count). The molecule has 1 atom stereocenters. The van der Waals surface area contributed by atoms with Gasteiger partial charge in [-0.25, -0.2) is 18.9 Å². The number of amides is 1. The summed E-state index contributed by atoms with van der Waals surface area (Å²) in [5, 5.41) is 8.33. The van der Waals surface area contributed by atoms with Crippen LogP contribution in [0.25, 0.3) is 5.69 Å². The van der Waals surface area contributed by atoms with Gasteiger partial charge in [0, 0.05) is 29.1 Å². The summed E-state index contributed by atoms with van der Waals surface area (Å²) in [6.45, 7) is 7.58. The van der Waals surface area contributed by atoms with E-state index in [1.54, 1.807) is 36.0 Å². The number of alkyl carbamates (subject to hydrolysis) is 1. The predicted molar refractivity (Wildman–Crippen MR) is 119 cm³/mol. The minimum absolute atomic E-state index is 0.326. The number of nitrogens with zero attached hydrogens (tertiary/aromatic N) is 3. The number of pyridine rings is 1. The summed E-state index contributed by atoms with van der Waals surface area (Å²) in [5.41, 5.74) is 1.20. The van der Waals surface area contributed by atoms with Crippen LogP contribution in [0.3, 0.4) is 0 Å². The Kier molecular flexibility index (Phi) is 6.91. The summed E-state index contributed by atoms with van der Waals surface area (Å²) < 4.78 is 21.6. The summed E-state index contributed by atoms with van der Waals surface area (Å²) in [4.78, 5) is 16.9. The van der Waals surface area contributed by atoms with Crippen LogP contribution in [-0.4, -0.2) is 27.9 Å². The van der Waals surface area contributed by atoms with Crippen molar-refractivity contribution in [3.63, 3.8) is 0 Å². The van der Waals surface area contributed by atoms with E-state index >= 15 is 0 Å². The molecule has 0 bridgehead atoms. The van der Waals surface area contributed by atoms with Gasteiger partial charge in [-0.1, -0.05) is 50.2 Å². The molecule has 2 heterocycles. The smallest absolute Gasteiger partial charge is 0.407 e. The molecule has 0 saturated carbocycles. The van der Waals surface area contributed by atoms with Crippen molar-refractivity contribution in [3.05, 3.63) is 64.8 Å². The molecular formula is C22H24ClFN4O2S. The van der Waals surface area contributed by atoms with E-state index in [9.17, 15) is 9.18 Å². The van der Waals surface area contributed by atoms with E-state index in [1.165, 1.54) is 24.9 Å². The molecular weight excluding hydrogens is 439 g/mol. The molecule has 0 fully saturated rings. The summed E-state index contributed by atoms with van der Waals surface area (Å²) in [5.74, 6) is -0.326. The molecule has 2 aromatic heterocycles. The second-order valence-electron chi connectivity index (χ2n) is 8.02. The first kappa shape index (κ1) is 23.1. The average molecular weight is 463 g/mol. The van der Waals surface area contributed by atoms with Gasteiger partial charge in [-0.05, 0) is 37.3 Å². The van der Waals surface area contributed by atoms with Gasteiger partial charge < -0.3 is 10.1 Å². The Bertz CT molecular complexity index is 1080. The lowest BCUT2D eigenvalue weighted by Gasteiger charge is -2.28. The maximum Gasteiger partial charge on any atom is 0.407 e. The Labute approximate surface area is 190 Å². The normalized spacial score (nSPS) is 12.5. The molecule has 9 heteroatoms. The van der Waals surface area contributed by atoms with Gasteiger partial charge in [0.2, 0.25) is 0 Å². The van der Waals surface area contributed by atoms with Crippen LogP contribution in [0.1, 0.15) is 38.1 Å². The van der Waals surface area contributed by atoms with Crippen LogP contribution in [0.15, 0.2) is 52.5 Å². The van der Waals surface area contributed by atoms with Crippen molar-refractivity contribution in [3.8, 4) is 5.69 Å². The van der Waals surface area contributed by atoms with Crippen LogP contribution < -0.4 is 5.32 Å². The van der Waals surface area contributed by atoms with Crippen molar-refractivity contribution in [2.24, 2.45) is 5.41 Å². The summed E-state index contributed by atoms with van der Waals surface area (Å²) in [7, 11) is 1.51. The topological polar surface area (TPSA) is 69.0 Å². The zero-order chi connectivity index (χ0) is 22.8. The molecule has 1 aromatic carbocycles. The maximum atomic E-state index is 14.3. The van der Waals surface area contributed by atoms with Crippen LogP contribution in [0.4, 0.5) is 9.18 Å². The van der Waals surface area contributed by atoms with E-state index in [1.807, 2.05) is 32.9 Å². The van der Waals surface area contributed by atoms with Crippen LogP contribution in [-0.2, 0) is 4.74 Å². The summed E-state index contributed by atoms with van der Waals surface area (Å²) in [6.07, 6.45) is 0.489. The zero-order valence-corrected chi connectivity index (χ0v) is 19.5. The van der Waals surface area contributed by atoms with E-state index in [2.05, 4.69) is 10.3 Å². The summed E-state index contributed by atoms with van der Waals surface area (Å²) in [6, 6.07) is 10.2. The number of benzene rings is 1. The number of carbonyl (C=O) groups is 1. The van der Waals surface area contributed by atoms with E-state index in [0.29, 0.717) is 22.1 Å². The van der Waals surface area contributed by atoms with Crippen molar-refractivity contribution in [1.82, 2.24) is 20.1 Å². The average Bonchev–Trinajstić information content (AvgIpc) is 3.11. The van der Waals surface area contributed by atoms with Crippen LogP contribution in [0.2, 0.25) is 5.15 Å². The van der Waals surface area contributed by atoms with Crippen LogP contribution in [0.5, 0.6) is 0 Å². The fraction of sp³-hybridized carbons (Fsp3) is 0.318. The van der Waals surface area contributed by atoms with Gasteiger partial charge in [-0.3, -0.25) is 0 Å². The number of aromatic nitrogens is 3. The minimum Gasteiger partial charge on any atom is -0.439 e. The number of carbonyl (C=O) groups excluding carboxylic acids is 1. The van der Waals surface area contributed by atoms with Gasteiger partial charge in [-0.15, -0.1) is 0 Å². The highest BCUT2D eigenvalue weighted by Crippen LogP contribution is 2.39. The highest BCUT2D eigenvalue weighted by Gasteiger charge is 2.33. The molecule has 6 nitrogen and oxygen atoms in total. The van der Waals surface area contributed by atoms with Crippen LogP contribution in [0, 0.1) is 18.2 Å². The molecule has 0 saturated heterocycles. The molecule has 0 aliphatic rings. The van der Waals surface area contributed by atoms with Crippen molar-refractivity contribution in [1.29, 1.82) is 0 Å². The molecule has 1 amide bonds. The Hall–Kier alpha value is -2.58. The highest BCUT2D eigenvalue weighted by atomic mass is 35.5. The van der Waals surface area contributed by atoms with Gasteiger partial charge in [-0.2, -0.15) is 5.10 Å². The van der Waals surface area contributed by atoms with Gasteiger partial charge in [0.15, 0.2) is 6.10 Å². The monoisotopic (exact) mass is 462 g/mol. The van der Waals surface area contributed by atoms with E-state index in [-0.39, 0.29) is 5.82 Å². The minimum atomic E-state index is -0.620. The number of nitrogens with one attached hydrogen (secondary N) is 1. The van der Waals surface area contributed by atoms with Gasteiger partial charge in [0.1, 0.15) is 21.7 Å². The number of halogens is 2. The SMILES string of the molecule is CNC(=O)OC(c1cc(Sc2ccc(Cl)nc2)n(-c2cccc(F)c2C)n1)C(C)(C)C. The van der Waals surface area contributed by atoms with Crippen molar-refractivity contribution >= 4 is 29.5 Å². The van der Waals surface area contributed by atoms with E-state index in [4.69, 9.17) is 21.4 Å². The highest BCUT2D eigenvalue weighted by molar-refractivity contribution is 7.99. The molecule has 31 heavy (non-hydrogen) atoms. The zero-order valence-electron chi connectivity index (χ0n) is 17.9. The van der Waals surface area contributed by atoms with Gasteiger partial charge in [0.25, 0.3) is 0 Å². The first-order valence-electron chi connectivity index (χ1n) is 9.63. The molecule has 0 aliphatic heterocycles. The second-order valence-corrected chi connectivity index (χ2v) is 9.50. The van der Waals surface area contributed by atoms with Gasteiger partial charge >= 0.3 is 6.09 Å². The number of hydrogen-bond donors (Lipinski definition) is 1. The van der Waals surface area contributed by atoms with Crippen molar-refractivity contribution < 1.29 is 13.9 Å². The van der Waals surface area contributed by atoms with Crippen LogP contribution >= 0.6 is 23.4 Å². The number of rotatable bonds is 5. The van der Waals surface area contributed by atoms with Crippen molar-refractivity contribution in [2.75, 3.05) is 7.05 Å². The largest absolute Gasteiger partial charge is 0.439 e. The number of hydrogen-bond acceptors (Lipinski definition) is 5. The lowest BCUT2D eigenvalue weighted by atomic mass is 9.87. The molecule has 1 N–H and O–H groups in total. The first-order valence-corrected chi connectivity index (χ1v) is 10.8. The van der Waals surface area contributed by atoms with Crippen molar-refractivity contribution in [2.45, 2.75) is 43.7 Å². The Morgan fingerprint density at radius 3 is 2.65 bits per heavy atom. The van der Waals surface area contributed by atoms with E-state index < -0.39 is 17.6 Å². The Morgan fingerprint density at radius 2 is 2.03 bits per heavy atom. The molecule has 1 unspecified atom stereocenters. The molecule has 0 radical (unpaired) electrons. The standard InChI is InChI=1S/C22H24ClFN4O2S/c1-13-15(24)7-6-8-17(13)28-19(31-14-9-10-18(23)26-12-14)11-16(27-28)20(22(2,3)4)30-21(29)25-5/h6-12,20H,1-5H3,(H,25,29). The third-order valence-corrected chi connectivity index (χ3v) is 5.77. The maximum absolute atomic E-state index is 14.3. The summed E-state index contributed by atoms with van der Waals surface area (Å²) >= 11 is 7.31. The lowest BCUT2D eigenvalue weighted by molar-refractivity contribution is 0.0284. The molecule has 0 spiro atoms. The van der Waals surface area contributed by atoms with Gasteiger partial charge in [0.05, 0.1) is 5.69 Å². The molecule has 164 valence electrons. The van der Waals surface area contributed by atoms with E-state index in [0.717, 1.165) is 9.92 Å². The first-order chi connectivity index (χ1) is 14.6. The second kappa shape index (κ2) is 9.28. The predicted octanol–water partition coefficient (Wildman–Crippen LogP) is 5.96. The Morgan fingerprint density at radius 1 is 1.29 bits per heavy atom. The fourth-order valence-corrected chi connectivity index (χ4v) is 3.97. The number of ether oxygens (including phenoxy) is 1. The molecule has 3 aromatic rings. The fourth-order valence-electron chi connectivity index (χ4n) is 2.97. The lowest BCUT2D eigenvalue weighted by Crippen LogP contribution is -2.29. The Balaban J connectivity index is 2.13. The third kappa shape index (κ3) is 5.37. The quantitative estimate of drug-likeness (QED) is 0.473. The third-order valence-electron chi connectivity index (χ3n) is 4.57.